The minimum Gasteiger partial charge on any atom is -0.456 e. The van der Waals surface area contributed by atoms with E-state index in [-0.39, 0.29) is 22.3 Å². The minimum absolute atomic E-state index is 0.0541. The van der Waals surface area contributed by atoms with Gasteiger partial charge in [-0.05, 0) is 64.4 Å². The van der Waals surface area contributed by atoms with Crippen LogP contribution < -0.4 is 15.4 Å². The monoisotopic (exact) mass is 657 g/mol. The first-order chi connectivity index (χ1) is 22.8. The molecule has 1 aliphatic heterocycles. The lowest BCUT2D eigenvalue weighted by Gasteiger charge is -2.23. The molecule has 246 valence electrons. The van der Waals surface area contributed by atoms with Crippen LogP contribution in [0.5, 0.6) is 0 Å². The Labute approximate surface area is 284 Å². The van der Waals surface area contributed by atoms with Crippen molar-refractivity contribution in [1.82, 2.24) is 4.72 Å². The summed E-state index contributed by atoms with van der Waals surface area (Å²) in [5.41, 5.74) is 7.80. The highest BCUT2D eigenvalue weighted by molar-refractivity contribution is 7.89. The molecule has 0 fully saturated rings. The Hall–Kier alpha value is -4.72. The second kappa shape index (κ2) is 12.7. The van der Waals surface area contributed by atoms with E-state index < -0.39 is 10.0 Å². The number of benzene rings is 5. The van der Waals surface area contributed by atoms with Crippen molar-refractivity contribution in [2.75, 3.05) is 11.9 Å². The first-order valence-corrected chi connectivity index (χ1v) is 17.8. The van der Waals surface area contributed by atoms with Crippen LogP contribution in [-0.2, 0) is 20.9 Å². The fourth-order valence-corrected chi connectivity index (χ4v) is 7.49. The Kier molecular flexibility index (Phi) is 8.79. The van der Waals surface area contributed by atoms with Gasteiger partial charge in [0.15, 0.2) is 0 Å². The maximum absolute atomic E-state index is 13.5. The van der Waals surface area contributed by atoms with Crippen molar-refractivity contribution in [1.29, 1.82) is 0 Å². The molecule has 6 rings (SSSR count). The molecular weight excluding hydrogens is 615 g/mol. The van der Waals surface area contributed by atoms with Crippen LogP contribution in [0.1, 0.15) is 59.6 Å². The van der Waals surface area contributed by atoms with Crippen LogP contribution in [-0.4, -0.2) is 15.0 Å². The van der Waals surface area contributed by atoms with Crippen molar-refractivity contribution in [2.45, 2.75) is 64.2 Å². The molecule has 4 aromatic rings. The second-order valence-electron chi connectivity index (χ2n) is 14.2. The lowest BCUT2D eigenvalue weighted by atomic mass is 9.86. The molecule has 1 heterocycles. The third kappa shape index (κ3) is 6.66. The highest BCUT2D eigenvalue weighted by Crippen LogP contribution is 2.43. The predicted molar refractivity (Wildman–Crippen MR) is 198 cm³/mol. The standard InChI is InChI=1S/C41H43N3O3S/c1-8-42-48(45,46)38-20-14-9-15-31(38)39-29-23-21-27(43-34-18-12-10-16-32(34)40(2,3)4)25-36(29)47-37-26-28(22-24-30(37)39)44-35-19-13-11-17-33(35)41(5,6)7/h9-26,42-43H,8H2,1-7H3. The van der Waals surface area contributed by atoms with Gasteiger partial charge in [0.2, 0.25) is 10.0 Å². The highest BCUT2D eigenvalue weighted by Gasteiger charge is 2.25. The molecule has 6 nitrogen and oxygen atoms in total. The van der Waals surface area contributed by atoms with Crippen LogP contribution in [0, 0.1) is 0 Å². The molecule has 0 radical (unpaired) electrons. The Balaban J connectivity index is 1.61. The number of hydrogen-bond donors (Lipinski definition) is 2. The smallest absolute Gasteiger partial charge is 0.241 e. The maximum Gasteiger partial charge on any atom is 0.241 e. The Morgan fingerprint density at radius 1 is 0.708 bits per heavy atom. The SMILES string of the molecule is CCNS(=O)(=O)c1ccccc1-c1c2ccc(=Nc3ccccc3C(C)(C)C)cc-2oc2cc(Nc3ccccc3C(C)(C)C)ccc12. The van der Waals surface area contributed by atoms with Gasteiger partial charge in [-0.1, -0.05) is 103 Å². The number of hydrogen-bond acceptors (Lipinski definition) is 5. The molecule has 0 aromatic heterocycles. The predicted octanol–water partition coefficient (Wildman–Crippen LogP) is 10.1. The molecule has 2 N–H and O–H groups in total. The Bertz CT molecular complexity index is 2270. The molecule has 7 heteroatoms. The molecule has 2 aliphatic rings. The van der Waals surface area contributed by atoms with Crippen LogP contribution in [0.25, 0.3) is 33.4 Å². The molecule has 0 saturated carbocycles. The van der Waals surface area contributed by atoms with Crippen LogP contribution in [0.15, 0.2) is 123 Å². The molecule has 48 heavy (non-hydrogen) atoms. The fraction of sp³-hybridized carbons (Fsp3) is 0.244. The molecule has 0 spiro atoms. The van der Waals surface area contributed by atoms with Gasteiger partial charge in [-0.3, -0.25) is 0 Å². The molecule has 0 saturated heterocycles. The van der Waals surface area contributed by atoms with E-state index in [1.54, 1.807) is 19.1 Å². The van der Waals surface area contributed by atoms with Gasteiger partial charge in [0.1, 0.15) is 11.3 Å². The zero-order valence-corrected chi connectivity index (χ0v) is 29.5. The average Bonchev–Trinajstić information content (AvgIpc) is 3.03. The molecule has 0 atom stereocenters. The van der Waals surface area contributed by atoms with Crippen molar-refractivity contribution in [3.8, 4) is 22.5 Å². The summed E-state index contributed by atoms with van der Waals surface area (Å²) in [6.45, 7) is 15.2. The van der Waals surface area contributed by atoms with Gasteiger partial charge in [-0.15, -0.1) is 0 Å². The summed E-state index contributed by atoms with van der Waals surface area (Å²) in [5.74, 6) is 0.606. The van der Waals surface area contributed by atoms with E-state index in [1.165, 1.54) is 5.56 Å². The van der Waals surface area contributed by atoms with Crippen molar-refractivity contribution in [2.24, 2.45) is 4.99 Å². The minimum atomic E-state index is -3.77. The lowest BCUT2D eigenvalue weighted by Crippen LogP contribution is -2.23. The zero-order chi connectivity index (χ0) is 34.3. The molecule has 1 aliphatic carbocycles. The van der Waals surface area contributed by atoms with Gasteiger partial charge >= 0.3 is 0 Å². The molecule has 0 bridgehead atoms. The number of sulfonamides is 1. The van der Waals surface area contributed by atoms with E-state index in [2.05, 4.69) is 75.8 Å². The normalized spacial score (nSPS) is 12.9. The van der Waals surface area contributed by atoms with Crippen molar-refractivity contribution < 1.29 is 12.8 Å². The summed E-state index contributed by atoms with van der Waals surface area (Å²) in [5, 5.41) is 5.16. The number of anilines is 2. The van der Waals surface area contributed by atoms with Crippen LogP contribution in [0.2, 0.25) is 0 Å². The quantitative estimate of drug-likeness (QED) is 0.167. The van der Waals surface area contributed by atoms with Crippen molar-refractivity contribution >= 4 is 38.1 Å². The molecular formula is C41H43N3O3S. The molecule has 4 aromatic carbocycles. The van der Waals surface area contributed by atoms with E-state index in [0.29, 0.717) is 16.9 Å². The number of fused-ring (bicyclic) bond motifs is 2. The third-order valence-electron chi connectivity index (χ3n) is 8.46. The van der Waals surface area contributed by atoms with Gasteiger partial charge in [-0.2, -0.15) is 0 Å². The molecule has 0 unspecified atom stereocenters. The van der Waals surface area contributed by atoms with Crippen LogP contribution in [0.3, 0.4) is 0 Å². The summed E-state index contributed by atoms with van der Waals surface area (Å²) < 4.78 is 36.3. The van der Waals surface area contributed by atoms with Gasteiger partial charge in [0.25, 0.3) is 0 Å². The third-order valence-corrected chi connectivity index (χ3v) is 10.1. The molecule has 0 amide bonds. The highest BCUT2D eigenvalue weighted by atomic mass is 32.2. The number of nitrogens with one attached hydrogen (secondary N) is 2. The number of nitrogens with zero attached hydrogens (tertiary/aromatic N) is 1. The van der Waals surface area contributed by atoms with E-state index in [0.717, 1.165) is 44.5 Å². The van der Waals surface area contributed by atoms with Crippen molar-refractivity contribution in [3.63, 3.8) is 0 Å². The average molecular weight is 658 g/mol. The number of para-hydroxylation sites is 2. The fourth-order valence-electron chi connectivity index (χ4n) is 6.24. The lowest BCUT2D eigenvalue weighted by molar-refractivity contribution is 0.584. The number of rotatable bonds is 7. The van der Waals surface area contributed by atoms with E-state index >= 15 is 0 Å². The first-order valence-electron chi connectivity index (χ1n) is 16.4. The summed E-state index contributed by atoms with van der Waals surface area (Å²) in [6.07, 6.45) is 0. The maximum atomic E-state index is 13.5. The Morgan fingerprint density at radius 3 is 2.10 bits per heavy atom. The topological polar surface area (TPSA) is 83.7 Å². The van der Waals surface area contributed by atoms with Crippen LogP contribution >= 0.6 is 0 Å². The Morgan fingerprint density at radius 2 is 1.38 bits per heavy atom. The second-order valence-corrected chi connectivity index (χ2v) is 15.9. The van der Waals surface area contributed by atoms with Gasteiger partial charge in [0, 0.05) is 52.1 Å². The summed E-state index contributed by atoms with van der Waals surface area (Å²) in [7, 11) is -3.77. The van der Waals surface area contributed by atoms with E-state index in [9.17, 15) is 8.42 Å². The first kappa shape index (κ1) is 33.2. The van der Waals surface area contributed by atoms with Gasteiger partial charge in [-0.25, -0.2) is 18.1 Å². The zero-order valence-electron chi connectivity index (χ0n) is 28.7. The summed E-state index contributed by atoms with van der Waals surface area (Å²) in [4.78, 5) is 5.27. The largest absolute Gasteiger partial charge is 0.456 e. The van der Waals surface area contributed by atoms with E-state index in [4.69, 9.17) is 9.41 Å². The van der Waals surface area contributed by atoms with Crippen LogP contribution in [0.4, 0.5) is 17.1 Å². The van der Waals surface area contributed by atoms with E-state index in [1.807, 2.05) is 72.8 Å². The summed E-state index contributed by atoms with van der Waals surface area (Å²) in [6, 6.07) is 35.5. The van der Waals surface area contributed by atoms with Crippen molar-refractivity contribution in [3.05, 3.63) is 126 Å². The van der Waals surface area contributed by atoms with Gasteiger partial charge < -0.3 is 9.73 Å². The van der Waals surface area contributed by atoms with Gasteiger partial charge in [0.05, 0.1) is 15.9 Å². The summed E-state index contributed by atoms with van der Waals surface area (Å²) >= 11 is 0.